The van der Waals surface area contributed by atoms with E-state index in [1.165, 1.54) is 37.7 Å². The van der Waals surface area contributed by atoms with E-state index in [4.69, 9.17) is 5.73 Å². The van der Waals surface area contributed by atoms with Gasteiger partial charge in [0.05, 0.1) is 6.54 Å². The van der Waals surface area contributed by atoms with Crippen LogP contribution < -0.4 is 11.1 Å². The van der Waals surface area contributed by atoms with E-state index in [-0.39, 0.29) is 0 Å². The lowest BCUT2D eigenvalue weighted by molar-refractivity contribution is 0.0485. The Morgan fingerprint density at radius 1 is 1.29 bits per heavy atom. The van der Waals surface area contributed by atoms with Gasteiger partial charge in [-0.3, -0.25) is 4.99 Å². The number of rotatable bonds is 3. The summed E-state index contributed by atoms with van der Waals surface area (Å²) in [6.07, 6.45) is 7.84. The lowest BCUT2D eigenvalue weighted by Gasteiger charge is -2.25. The minimum absolute atomic E-state index is 0.343. The second-order valence-electron chi connectivity index (χ2n) is 6.37. The van der Waals surface area contributed by atoms with Crippen LogP contribution in [0, 0.1) is 0 Å². The molecule has 114 valence electrons. The Hall–Kier alpha value is -1.55. The molecule has 4 nitrogen and oxygen atoms in total. The Morgan fingerprint density at radius 3 is 2.86 bits per heavy atom. The Kier molecular flexibility index (Phi) is 4.15. The first-order valence-corrected chi connectivity index (χ1v) is 8.05. The van der Waals surface area contributed by atoms with Gasteiger partial charge in [0.25, 0.3) is 0 Å². The van der Waals surface area contributed by atoms with Gasteiger partial charge in [0.15, 0.2) is 5.96 Å². The summed E-state index contributed by atoms with van der Waals surface area (Å²) < 4.78 is 0. The molecule has 0 spiro atoms. The number of hydrogen-bond acceptors (Lipinski definition) is 2. The molecule has 0 saturated heterocycles. The second kappa shape index (κ2) is 6.06. The molecule has 0 amide bonds. The van der Waals surface area contributed by atoms with E-state index < -0.39 is 5.60 Å². The standard InChI is InChI=1S/C17H25N3O/c18-16(20-14-7-2-1-3-8-14)19-12-17(21)11-10-13-6-4-5-9-15(13)17/h4-6,9,14,21H,1-3,7-8,10-12H2,(H3,18,19,20). The molecule has 1 saturated carbocycles. The average Bonchev–Trinajstić information content (AvgIpc) is 2.85. The number of nitrogens with two attached hydrogens (primary N) is 1. The van der Waals surface area contributed by atoms with Crippen molar-refractivity contribution < 1.29 is 5.11 Å². The maximum atomic E-state index is 10.8. The quantitative estimate of drug-likeness (QED) is 0.588. The zero-order valence-corrected chi connectivity index (χ0v) is 12.5. The molecule has 0 bridgehead atoms. The monoisotopic (exact) mass is 287 g/mol. The summed E-state index contributed by atoms with van der Waals surface area (Å²) in [6, 6.07) is 8.53. The number of aliphatic hydroxyl groups is 1. The van der Waals surface area contributed by atoms with Crippen LogP contribution in [0.25, 0.3) is 0 Å². The molecule has 1 atom stereocenters. The van der Waals surface area contributed by atoms with Crippen LogP contribution in [-0.2, 0) is 12.0 Å². The van der Waals surface area contributed by atoms with Crippen LogP contribution in [0.5, 0.6) is 0 Å². The summed E-state index contributed by atoms with van der Waals surface area (Å²) >= 11 is 0. The molecule has 1 aromatic carbocycles. The molecule has 0 aliphatic heterocycles. The molecular formula is C17H25N3O. The average molecular weight is 287 g/mol. The van der Waals surface area contributed by atoms with Gasteiger partial charge in [-0.15, -0.1) is 0 Å². The second-order valence-corrected chi connectivity index (χ2v) is 6.37. The molecule has 0 aromatic heterocycles. The van der Waals surface area contributed by atoms with Gasteiger partial charge in [0.1, 0.15) is 5.60 Å². The zero-order valence-electron chi connectivity index (χ0n) is 12.5. The number of aliphatic imine (C=N–C) groups is 1. The van der Waals surface area contributed by atoms with Crippen molar-refractivity contribution in [1.29, 1.82) is 0 Å². The number of aryl methyl sites for hydroxylation is 1. The Morgan fingerprint density at radius 2 is 2.05 bits per heavy atom. The van der Waals surface area contributed by atoms with Crippen molar-refractivity contribution in [3.8, 4) is 0 Å². The van der Waals surface area contributed by atoms with Crippen LogP contribution in [0.15, 0.2) is 29.3 Å². The third-order valence-corrected chi connectivity index (χ3v) is 4.79. The summed E-state index contributed by atoms with van der Waals surface area (Å²) in [7, 11) is 0. The highest BCUT2D eigenvalue weighted by Crippen LogP contribution is 2.36. The van der Waals surface area contributed by atoms with Gasteiger partial charge in [-0.05, 0) is 36.8 Å². The van der Waals surface area contributed by atoms with Crippen LogP contribution in [-0.4, -0.2) is 23.7 Å². The van der Waals surface area contributed by atoms with Gasteiger partial charge in [0, 0.05) is 6.04 Å². The Balaban J connectivity index is 1.62. The fraction of sp³-hybridized carbons (Fsp3) is 0.588. The summed E-state index contributed by atoms with van der Waals surface area (Å²) in [5.41, 5.74) is 7.38. The normalized spacial score (nSPS) is 26.6. The van der Waals surface area contributed by atoms with Gasteiger partial charge < -0.3 is 16.2 Å². The van der Waals surface area contributed by atoms with Crippen molar-refractivity contribution in [2.75, 3.05) is 6.54 Å². The van der Waals surface area contributed by atoms with E-state index in [1.807, 2.05) is 18.2 Å². The van der Waals surface area contributed by atoms with Crippen molar-refractivity contribution in [3.05, 3.63) is 35.4 Å². The van der Waals surface area contributed by atoms with Gasteiger partial charge in [0.2, 0.25) is 0 Å². The van der Waals surface area contributed by atoms with Crippen molar-refractivity contribution in [3.63, 3.8) is 0 Å². The smallest absolute Gasteiger partial charge is 0.188 e. The fourth-order valence-corrected chi connectivity index (χ4v) is 3.55. The third-order valence-electron chi connectivity index (χ3n) is 4.79. The molecule has 2 aliphatic rings. The molecule has 0 radical (unpaired) electrons. The van der Waals surface area contributed by atoms with Crippen molar-refractivity contribution in [2.24, 2.45) is 10.7 Å². The van der Waals surface area contributed by atoms with Crippen molar-refractivity contribution in [2.45, 2.75) is 56.6 Å². The minimum atomic E-state index is -0.852. The molecule has 4 N–H and O–H groups in total. The number of nitrogens with one attached hydrogen (secondary N) is 1. The first-order chi connectivity index (χ1) is 10.2. The molecule has 1 unspecified atom stereocenters. The van der Waals surface area contributed by atoms with Gasteiger partial charge in [-0.1, -0.05) is 43.5 Å². The summed E-state index contributed by atoms with van der Waals surface area (Å²) in [4.78, 5) is 4.40. The number of hydrogen-bond donors (Lipinski definition) is 3. The maximum Gasteiger partial charge on any atom is 0.188 e. The zero-order chi connectivity index (χ0) is 14.7. The number of fused-ring (bicyclic) bond motifs is 1. The first kappa shape index (κ1) is 14.4. The van der Waals surface area contributed by atoms with Crippen LogP contribution in [0.1, 0.15) is 49.7 Å². The summed E-state index contributed by atoms with van der Waals surface area (Å²) in [5.74, 6) is 0.472. The van der Waals surface area contributed by atoms with E-state index in [0.717, 1.165) is 18.4 Å². The number of nitrogens with zero attached hydrogens (tertiary/aromatic N) is 1. The van der Waals surface area contributed by atoms with E-state index in [1.54, 1.807) is 0 Å². The largest absolute Gasteiger partial charge is 0.383 e. The topological polar surface area (TPSA) is 70.6 Å². The lowest BCUT2D eigenvalue weighted by atomic mass is 9.95. The van der Waals surface area contributed by atoms with E-state index in [2.05, 4.69) is 16.4 Å². The minimum Gasteiger partial charge on any atom is -0.383 e. The molecule has 1 fully saturated rings. The van der Waals surface area contributed by atoms with Gasteiger partial charge >= 0.3 is 0 Å². The van der Waals surface area contributed by atoms with Gasteiger partial charge in [-0.25, -0.2) is 0 Å². The number of benzene rings is 1. The molecule has 2 aliphatic carbocycles. The van der Waals surface area contributed by atoms with E-state index in [0.29, 0.717) is 18.5 Å². The third kappa shape index (κ3) is 3.21. The Bertz CT molecular complexity index is 523. The van der Waals surface area contributed by atoms with Crippen LogP contribution in [0.4, 0.5) is 0 Å². The van der Waals surface area contributed by atoms with Crippen molar-refractivity contribution in [1.82, 2.24) is 5.32 Å². The maximum absolute atomic E-state index is 10.8. The van der Waals surface area contributed by atoms with Crippen LogP contribution in [0.3, 0.4) is 0 Å². The highest BCUT2D eigenvalue weighted by molar-refractivity contribution is 5.78. The molecule has 3 rings (SSSR count). The predicted octanol–water partition coefficient (Wildman–Crippen LogP) is 2.06. The number of guanidine groups is 1. The molecule has 1 aromatic rings. The molecular weight excluding hydrogens is 262 g/mol. The summed E-state index contributed by atoms with van der Waals surface area (Å²) in [5, 5.41) is 14.1. The fourth-order valence-electron chi connectivity index (χ4n) is 3.55. The summed E-state index contributed by atoms with van der Waals surface area (Å²) in [6.45, 7) is 0.343. The van der Waals surface area contributed by atoms with Crippen LogP contribution in [0.2, 0.25) is 0 Å². The Labute approximate surface area is 126 Å². The molecule has 21 heavy (non-hydrogen) atoms. The highest BCUT2D eigenvalue weighted by atomic mass is 16.3. The highest BCUT2D eigenvalue weighted by Gasteiger charge is 2.36. The molecule has 4 heteroatoms. The SMILES string of the molecule is NC(=NCC1(O)CCc2ccccc21)NC1CCCCC1. The molecule has 0 heterocycles. The predicted molar refractivity (Wildman–Crippen MR) is 85.2 cm³/mol. The lowest BCUT2D eigenvalue weighted by Crippen LogP contribution is -2.42. The van der Waals surface area contributed by atoms with E-state index >= 15 is 0 Å². The van der Waals surface area contributed by atoms with Crippen LogP contribution >= 0.6 is 0 Å². The van der Waals surface area contributed by atoms with E-state index in [9.17, 15) is 5.11 Å². The van der Waals surface area contributed by atoms with Gasteiger partial charge in [-0.2, -0.15) is 0 Å². The first-order valence-electron chi connectivity index (χ1n) is 8.05. The van der Waals surface area contributed by atoms with Crippen molar-refractivity contribution >= 4 is 5.96 Å².